The maximum atomic E-state index is 13.9. The number of alkyl halides is 6. The third-order valence-corrected chi connectivity index (χ3v) is 8.72. The summed E-state index contributed by atoms with van der Waals surface area (Å²) in [6.07, 6.45) is -7.12. The van der Waals surface area contributed by atoms with Crippen LogP contribution >= 0.6 is 0 Å². The van der Waals surface area contributed by atoms with E-state index in [1.165, 1.54) is 60.9 Å². The van der Waals surface area contributed by atoms with Gasteiger partial charge in [0, 0.05) is 46.0 Å². The van der Waals surface area contributed by atoms with Crippen LogP contribution in [-0.4, -0.2) is 23.6 Å². The molecule has 2 aliphatic heterocycles. The molecule has 8 nitrogen and oxygen atoms in total. The number of benzene rings is 5. The number of amides is 4. The van der Waals surface area contributed by atoms with Gasteiger partial charge in [0.1, 0.15) is 0 Å². The van der Waals surface area contributed by atoms with E-state index < -0.39 is 58.5 Å². The number of hydrogen-bond donors (Lipinski definition) is 2. The molecule has 270 valence electrons. The van der Waals surface area contributed by atoms with Gasteiger partial charge in [0.25, 0.3) is 23.6 Å². The van der Waals surface area contributed by atoms with Gasteiger partial charge in [0.05, 0.1) is 33.6 Å². The van der Waals surface area contributed by atoms with E-state index in [0.717, 1.165) is 36.4 Å². The van der Waals surface area contributed by atoms with Crippen molar-refractivity contribution in [2.45, 2.75) is 12.4 Å². The molecule has 0 saturated carbocycles. The zero-order valence-electron chi connectivity index (χ0n) is 27.5. The Morgan fingerprint density at radius 3 is 1.07 bits per heavy atom. The highest BCUT2D eigenvalue weighted by atomic mass is 19.4. The Labute approximate surface area is 302 Å². The monoisotopic (exact) mass is 738 g/mol. The number of anilines is 4. The highest BCUT2D eigenvalue weighted by Crippen LogP contribution is 2.42. The van der Waals surface area contributed by atoms with E-state index >= 15 is 0 Å². The number of para-hydroxylation sites is 2. The van der Waals surface area contributed by atoms with Gasteiger partial charge in [-0.1, -0.05) is 60.7 Å². The normalized spacial score (nSPS) is 16.1. The maximum Gasteiger partial charge on any atom is 0.418 e. The molecule has 0 bridgehead atoms. The molecule has 0 aromatic heterocycles. The Kier molecular flexibility index (Phi) is 8.89. The summed E-state index contributed by atoms with van der Waals surface area (Å²) >= 11 is 0. The third kappa shape index (κ3) is 6.38. The standard InChI is InChI=1S/C40H24F6N4O4/c41-39(42,43)31-13-5-7-15-33(31)49-35(51)27-11-3-1-9-25(27)29(37(49)53)21-47-23-17-19-24(20-18-23)48-22-30-26-10-2-4-12-28(26)36(52)50(38(30)54)34-16-8-6-14-32(34)40(44,45)46/h1-22,47-48H/b29-21-,30-22+. The summed E-state index contributed by atoms with van der Waals surface area (Å²) in [4.78, 5) is 55.2. The first kappa shape index (κ1) is 35.4. The summed E-state index contributed by atoms with van der Waals surface area (Å²) in [5, 5.41) is 5.88. The highest BCUT2D eigenvalue weighted by molar-refractivity contribution is 6.42. The zero-order valence-corrected chi connectivity index (χ0v) is 27.5. The van der Waals surface area contributed by atoms with E-state index in [1.54, 1.807) is 36.4 Å². The van der Waals surface area contributed by atoms with E-state index in [-0.39, 0.29) is 33.4 Å². The first-order valence-corrected chi connectivity index (χ1v) is 16.1. The van der Waals surface area contributed by atoms with Crippen LogP contribution in [0, 0.1) is 0 Å². The largest absolute Gasteiger partial charge is 0.418 e. The Morgan fingerprint density at radius 2 is 0.722 bits per heavy atom. The number of imide groups is 2. The molecule has 0 spiro atoms. The van der Waals surface area contributed by atoms with Crippen molar-refractivity contribution in [1.29, 1.82) is 0 Å². The van der Waals surface area contributed by atoms with Gasteiger partial charge in [0.2, 0.25) is 0 Å². The highest BCUT2D eigenvalue weighted by Gasteiger charge is 2.43. The first-order chi connectivity index (χ1) is 25.8. The summed E-state index contributed by atoms with van der Waals surface area (Å²) < 4.78 is 83.4. The van der Waals surface area contributed by atoms with Gasteiger partial charge in [-0.2, -0.15) is 26.3 Å². The molecule has 0 radical (unpaired) electrons. The molecule has 14 heteroatoms. The predicted octanol–water partition coefficient (Wildman–Crippen LogP) is 9.00. The van der Waals surface area contributed by atoms with Crippen molar-refractivity contribution in [1.82, 2.24) is 0 Å². The van der Waals surface area contributed by atoms with Crippen LogP contribution in [-0.2, 0) is 21.9 Å². The average molecular weight is 739 g/mol. The van der Waals surface area contributed by atoms with Crippen molar-refractivity contribution in [3.8, 4) is 0 Å². The molecule has 2 heterocycles. The molecule has 0 aliphatic carbocycles. The van der Waals surface area contributed by atoms with Crippen LogP contribution in [0.2, 0.25) is 0 Å². The van der Waals surface area contributed by atoms with E-state index in [0.29, 0.717) is 21.2 Å². The summed E-state index contributed by atoms with van der Waals surface area (Å²) in [6, 6.07) is 27.0. The lowest BCUT2D eigenvalue weighted by molar-refractivity contribution is -0.138. The second kappa shape index (κ2) is 13.5. The Balaban J connectivity index is 1.16. The van der Waals surface area contributed by atoms with Crippen LogP contribution in [0.15, 0.2) is 134 Å². The molecular formula is C40H24F6N4O4. The van der Waals surface area contributed by atoms with E-state index in [2.05, 4.69) is 10.6 Å². The number of hydrogen-bond acceptors (Lipinski definition) is 6. The molecule has 54 heavy (non-hydrogen) atoms. The average Bonchev–Trinajstić information content (AvgIpc) is 3.15. The van der Waals surface area contributed by atoms with Gasteiger partial charge in [-0.3, -0.25) is 19.2 Å². The van der Waals surface area contributed by atoms with Gasteiger partial charge in [-0.25, -0.2) is 9.80 Å². The van der Waals surface area contributed by atoms with Crippen LogP contribution in [0.5, 0.6) is 0 Å². The van der Waals surface area contributed by atoms with Crippen molar-refractivity contribution >= 4 is 57.5 Å². The molecule has 2 aliphatic rings. The summed E-state index contributed by atoms with van der Waals surface area (Å²) in [7, 11) is 0. The minimum atomic E-state index is -4.84. The van der Waals surface area contributed by atoms with Crippen LogP contribution in [0.25, 0.3) is 11.1 Å². The lowest BCUT2D eigenvalue weighted by Gasteiger charge is -2.30. The lowest BCUT2D eigenvalue weighted by Crippen LogP contribution is -2.43. The summed E-state index contributed by atoms with van der Waals surface area (Å²) in [6.45, 7) is 0. The fourth-order valence-electron chi connectivity index (χ4n) is 6.21. The van der Waals surface area contributed by atoms with Gasteiger partial charge in [-0.05, 0) is 60.7 Å². The molecule has 0 fully saturated rings. The van der Waals surface area contributed by atoms with Gasteiger partial charge in [-0.15, -0.1) is 0 Å². The predicted molar refractivity (Wildman–Crippen MR) is 189 cm³/mol. The molecular weight excluding hydrogens is 714 g/mol. The van der Waals surface area contributed by atoms with Crippen molar-refractivity contribution < 1.29 is 45.5 Å². The van der Waals surface area contributed by atoms with E-state index in [1.807, 2.05) is 0 Å². The SMILES string of the molecule is O=C1/C(=C\Nc2ccc(N/C=C3/C(=O)N(c4ccccc4C(F)(F)F)C(=O)c4ccccc43)cc2)c2ccccc2C(=O)N1c1ccccc1C(F)(F)F. The van der Waals surface area contributed by atoms with Crippen molar-refractivity contribution in [3.63, 3.8) is 0 Å². The molecule has 2 N–H and O–H groups in total. The van der Waals surface area contributed by atoms with Crippen LogP contribution in [0.1, 0.15) is 43.0 Å². The molecule has 0 unspecified atom stereocenters. The fourth-order valence-corrected chi connectivity index (χ4v) is 6.21. The Hall–Kier alpha value is -6.96. The molecule has 7 rings (SSSR count). The number of carbonyl (C=O) groups excluding carboxylic acids is 4. The Morgan fingerprint density at radius 1 is 0.407 bits per heavy atom. The van der Waals surface area contributed by atoms with E-state index in [9.17, 15) is 45.5 Å². The van der Waals surface area contributed by atoms with Crippen LogP contribution in [0.3, 0.4) is 0 Å². The number of carbonyl (C=O) groups is 4. The number of halogens is 6. The number of nitrogens with one attached hydrogen (secondary N) is 2. The number of rotatable bonds is 6. The number of nitrogens with zero attached hydrogens (tertiary/aromatic N) is 2. The minimum Gasteiger partial charge on any atom is -0.361 e. The topological polar surface area (TPSA) is 98.8 Å². The quantitative estimate of drug-likeness (QED) is 0.103. The molecule has 4 amide bonds. The van der Waals surface area contributed by atoms with Crippen molar-refractivity contribution in [3.05, 3.63) is 167 Å². The maximum absolute atomic E-state index is 13.9. The lowest BCUT2D eigenvalue weighted by atomic mass is 9.93. The second-order valence-corrected chi connectivity index (χ2v) is 12.0. The van der Waals surface area contributed by atoms with Crippen LogP contribution in [0.4, 0.5) is 49.1 Å². The second-order valence-electron chi connectivity index (χ2n) is 12.0. The first-order valence-electron chi connectivity index (χ1n) is 16.1. The zero-order chi connectivity index (χ0) is 38.4. The van der Waals surface area contributed by atoms with Crippen molar-refractivity contribution in [2.24, 2.45) is 0 Å². The van der Waals surface area contributed by atoms with Gasteiger partial charge in [0.15, 0.2) is 0 Å². The fraction of sp³-hybridized carbons (Fsp3) is 0.0500. The van der Waals surface area contributed by atoms with Crippen LogP contribution < -0.4 is 20.4 Å². The summed E-state index contributed by atoms with van der Waals surface area (Å²) in [5.41, 5.74) is -2.35. The van der Waals surface area contributed by atoms with Gasteiger partial charge < -0.3 is 10.6 Å². The Bertz CT molecular complexity index is 2250. The minimum absolute atomic E-state index is 0.0238. The number of fused-ring (bicyclic) bond motifs is 2. The summed E-state index contributed by atoms with van der Waals surface area (Å²) in [5.74, 6) is -3.78. The molecule has 0 atom stereocenters. The molecule has 5 aromatic carbocycles. The van der Waals surface area contributed by atoms with Crippen molar-refractivity contribution in [2.75, 3.05) is 20.4 Å². The van der Waals surface area contributed by atoms with Gasteiger partial charge >= 0.3 is 12.4 Å². The van der Waals surface area contributed by atoms with E-state index in [4.69, 9.17) is 0 Å². The molecule has 5 aromatic rings. The molecule has 0 saturated heterocycles. The third-order valence-electron chi connectivity index (χ3n) is 8.72. The smallest absolute Gasteiger partial charge is 0.361 e.